The topological polar surface area (TPSA) is 0 Å². The van der Waals surface area contributed by atoms with Gasteiger partial charge in [0.25, 0.3) is 0 Å². The van der Waals surface area contributed by atoms with Crippen molar-refractivity contribution in [1.29, 1.82) is 0 Å². The first kappa shape index (κ1) is 8.35. The standard InChI is InChI=1S/C7H16S/c1-5-8-7(4)6(2)3/h6-7H,5H2,1-4H3/t7-/m0/s1. The summed E-state index contributed by atoms with van der Waals surface area (Å²) in [4.78, 5) is 0. The summed E-state index contributed by atoms with van der Waals surface area (Å²) in [6, 6.07) is 0. The molecule has 1 heteroatoms. The lowest BCUT2D eigenvalue weighted by Gasteiger charge is -2.12. The zero-order valence-electron chi connectivity index (χ0n) is 6.27. The maximum absolute atomic E-state index is 2.29. The molecule has 0 heterocycles. The van der Waals surface area contributed by atoms with Gasteiger partial charge >= 0.3 is 0 Å². The predicted octanol–water partition coefficient (Wildman–Crippen LogP) is 2.78. The van der Waals surface area contributed by atoms with Gasteiger partial charge in [-0.25, -0.2) is 0 Å². The van der Waals surface area contributed by atoms with Crippen LogP contribution in [0.3, 0.4) is 0 Å². The van der Waals surface area contributed by atoms with E-state index in [1.54, 1.807) is 0 Å². The van der Waals surface area contributed by atoms with Gasteiger partial charge in [-0.1, -0.05) is 27.7 Å². The summed E-state index contributed by atoms with van der Waals surface area (Å²) in [5, 5.41) is 0.833. The molecule has 0 N–H and O–H groups in total. The highest BCUT2D eigenvalue weighted by Gasteiger charge is 2.03. The molecule has 0 nitrogen and oxygen atoms in total. The third-order valence-corrected chi connectivity index (χ3v) is 2.77. The van der Waals surface area contributed by atoms with Gasteiger partial charge in [0.1, 0.15) is 0 Å². The molecular formula is C7H16S. The second kappa shape index (κ2) is 4.25. The second-order valence-electron chi connectivity index (χ2n) is 2.40. The van der Waals surface area contributed by atoms with E-state index in [2.05, 4.69) is 27.7 Å². The first-order chi connectivity index (χ1) is 3.68. The molecule has 0 aliphatic heterocycles. The molecule has 1 atom stereocenters. The summed E-state index contributed by atoms with van der Waals surface area (Å²) < 4.78 is 0. The Labute approximate surface area is 57.1 Å². The van der Waals surface area contributed by atoms with E-state index < -0.39 is 0 Å². The number of hydrogen-bond donors (Lipinski definition) is 0. The van der Waals surface area contributed by atoms with Gasteiger partial charge in [0.15, 0.2) is 0 Å². The van der Waals surface area contributed by atoms with Gasteiger partial charge in [-0.2, -0.15) is 11.8 Å². The van der Waals surface area contributed by atoms with E-state index in [4.69, 9.17) is 0 Å². The van der Waals surface area contributed by atoms with Crippen molar-refractivity contribution in [3.63, 3.8) is 0 Å². The van der Waals surface area contributed by atoms with Gasteiger partial charge in [-0.15, -0.1) is 0 Å². The lowest BCUT2D eigenvalue weighted by molar-refractivity contribution is 0.642. The van der Waals surface area contributed by atoms with Crippen molar-refractivity contribution in [3.05, 3.63) is 0 Å². The molecule has 0 aliphatic rings. The number of hydrogen-bond acceptors (Lipinski definition) is 1. The van der Waals surface area contributed by atoms with E-state index in [9.17, 15) is 0 Å². The molecule has 0 rings (SSSR count). The summed E-state index contributed by atoms with van der Waals surface area (Å²) in [5.74, 6) is 2.08. The van der Waals surface area contributed by atoms with Gasteiger partial charge in [0.2, 0.25) is 0 Å². The third kappa shape index (κ3) is 3.36. The Kier molecular flexibility index (Phi) is 4.44. The van der Waals surface area contributed by atoms with Gasteiger partial charge in [0, 0.05) is 5.25 Å². The molecule has 0 bridgehead atoms. The molecule has 0 aromatic rings. The van der Waals surface area contributed by atoms with E-state index in [-0.39, 0.29) is 0 Å². The van der Waals surface area contributed by atoms with Gasteiger partial charge < -0.3 is 0 Å². The summed E-state index contributed by atoms with van der Waals surface area (Å²) in [6.07, 6.45) is 0. The zero-order valence-corrected chi connectivity index (χ0v) is 7.09. The molecule has 0 aliphatic carbocycles. The van der Waals surface area contributed by atoms with Crippen LogP contribution >= 0.6 is 11.8 Å². The molecule has 0 unspecified atom stereocenters. The fourth-order valence-electron chi connectivity index (χ4n) is 0.455. The SMILES string of the molecule is CCS[C@@H](C)C(C)C. The first-order valence-electron chi connectivity index (χ1n) is 3.30. The molecule has 0 spiro atoms. The lowest BCUT2D eigenvalue weighted by Crippen LogP contribution is -2.05. The average molecular weight is 132 g/mol. The Hall–Kier alpha value is 0.350. The monoisotopic (exact) mass is 132 g/mol. The molecule has 0 aromatic heterocycles. The predicted molar refractivity (Wildman–Crippen MR) is 42.4 cm³/mol. The molecule has 50 valence electrons. The van der Waals surface area contributed by atoms with Crippen molar-refractivity contribution in [2.24, 2.45) is 5.92 Å². The molecule has 0 saturated heterocycles. The second-order valence-corrected chi connectivity index (χ2v) is 4.06. The van der Waals surface area contributed by atoms with Crippen LogP contribution in [0.25, 0.3) is 0 Å². The van der Waals surface area contributed by atoms with Crippen LogP contribution in [-0.2, 0) is 0 Å². The van der Waals surface area contributed by atoms with Crippen molar-refractivity contribution >= 4 is 11.8 Å². The molecule has 0 radical (unpaired) electrons. The van der Waals surface area contributed by atoms with Crippen LogP contribution in [0, 0.1) is 5.92 Å². The summed E-state index contributed by atoms with van der Waals surface area (Å²) in [7, 11) is 0. The van der Waals surface area contributed by atoms with E-state index in [0.29, 0.717) is 0 Å². The summed E-state index contributed by atoms with van der Waals surface area (Å²) in [5.41, 5.74) is 0. The minimum absolute atomic E-state index is 0.833. The highest BCUT2D eigenvalue weighted by atomic mass is 32.2. The minimum Gasteiger partial charge on any atom is -0.159 e. The Bertz CT molecular complexity index is 50.3. The van der Waals surface area contributed by atoms with Crippen LogP contribution in [-0.4, -0.2) is 11.0 Å². The van der Waals surface area contributed by atoms with E-state index in [1.807, 2.05) is 11.8 Å². The van der Waals surface area contributed by atoms with Crippen LogP contribution in [0.1, 0.15) is 27.7 Å². The largest absolute Gasteiger partial charge is 0.159 e. The third-order valence-electron chi connectivity index (χ3n) is 1.37. The maximum Gasteiger partial charge on any atom is 0.00416 e. The summed E-state index contributed by atoms with van der Waals surface area (Å²) in [6.45, 7) is 9.04. The normalized spacial score (nSPS) is 14.6. The Morgan fingerprint density at radius 1 is 1.25 bits per heavy atom. The molecule has 0 amide bonds. The van der Waals surface area contributed by atoms with Crippen molar-refractivity contribution in [3.8, 4) is 0 Å². The minimum atomic E-state index is 0.833. The Morgan fingerprint density at radius 3 is 1.88 bits per heavy atom. The Morgan fingerprint density at radius 2 is 1.75 bits per heavy atom. The van der Waals surface area contributed by atoms with Gasteiger partial charge in [-0.3, -0.25) is 0 Å². The van der Waals surface area contributed by atoms with Crippen LogP contribution in [0.5, 0.6) is 0 Å². The molecule has 0 saturated carbocycles. The highest BCUT2D eigenvalue weighted by Crippen LogP contribution is 2.17. The van der Waals surface area contributed by atoms with Crippen LogP contribution < -0.4 is 0 Å². The zero-order chi connectivity index (χ0) is 6.57. The van der Waals surface area contributed by atoms with Crippen molar-refractivity contribution in [2.45, 2.75) is 32.9 Å². The molecule has 8 heavy (non-hydrogen) atoms. The van der Waals surface area contributed by atoms with E-state index >= 15 is 0 Å². The van der Waals surface area contributed by atoms with Crippen LogP contribution in [0.15, 0.2) is 0 Å². The highest BCUT2D eigenvalue weighted by molar-refractivity contribution is 7.99. The van der Waals surface area contributed by atoms with Crippen LogP contribution in [0.2, 0.25) is 0 Å². The van der Waals surface area contributed by atoms with Gasteiger partial charge in [-0.05, 0) is 11.7 Å². The fraction of sp³-hybridized carbons (Fsp3) is 1.00. The lowest BCUT2D eigenvalue weighted by atomic mass is 10.2. The average Bonchev–Trinajstić information content (AvgIpc) is 1.67. The first-order valence-corrected chi connectivity index (χ1v) is 4.35. The van der Waals surface area contributed by atoms with E-state index in [1.165, 1.54) is 5.75 Å². The smallest absolute Gasteiger partial charge is 0.00416 e. The Balaban J connectivity index is 3.17. The number of rotatable bonds is 3. The quantitative estimate of drug-likeness (QED) is 0.569. The fourth-order valence-corrected chi connectivity index (χ4v) is 1.37. The van der Waals surface area contributed by atoms with Crippen molar-refractivity contribution in [1.82, 2.24) is 0 Å². The molecular weight excluding hydrogens is 116 g/mol. The van der Waals surface area contributed by atoms with Crippen molar-refractivity contribution < 1.29 is 0 Å². The van der Waals surface area contributed by atoms with Crippen LogP contribution in [0.4, 0.5) is 0 Å². The molecule has 0 fully saturated rings. The number of thioether (sulfide) groups is 1. The summed E-state index contributed by atoms with van der Waals surface area (Å²) >= 11 is 2.04. The maximum atomic E-state index is 2.29. The van der Waals surface area contributed by atoms with Gasteiger partial charge in [0.05, 0.1) is 0 Å². The molecule has 0 aromatic carbocycles. The van der Waals surface area contributed by atoms with Crippen molar-refractivity contribution in [2.75, 3.05) is 5.75 Å². The van der Waals surface area contributed by atoms with E-state index in [0.717, 1.165) is 11.2 Å².